The molecule has 0 aliphatic rings. The molecule has 1 heterocycles. The molecule has 130 valence electrons. The van der Waals surface area contributed by atoms with Crippen molar-refractivity contribution in [2.75, 3.05) is 13.2 Å². The lowest BCUT2D eigenvalue weighted by Gasteiger charge is -2.15. The molecule has 1 atom stereocenters. The number of aliphatic hydroxyl groups is 1. The predicted molar refractivity (Wildman–Crippen MR) is 88.7 cm³/mol. The van der Waals surface area contributed by atoms with Crippen LogP contribution in [-0.4, -0.2) is 32.6 Å². The van der Waals surface area contributed by atoms with Crippen LogP contribution in [0, 0.1) is 11.7 Å². The lowest BCUT2D eigenvalue weighted by molar-refractivity contribution is 0.0935. The largest absolute Gasteiger partial charge is 0.396 e. The van der Waals surface area contributed by atoms with Crippen molar-refractivity contribution in [3.8, 4) is 0 Å². The summed E-state index contributed by atoms with van der Waals surface area (Å²) in [4.78, 5) is 11.8. The molecule has 0 aliphatic carbocycles. The molecule has 0 unspecified atom stereocenters. The number of halogens is 1. The van der Waals surface area contributed by atoms with Crippen molar-refractivity contribution in [2.45, 2.75) is 11.3 Å². The topological polar surface area (TPSA) is 109 Å². The van der Waals surface area contributed by atoms with Gasteiger partial charge in [-0.25, -0.2) is 17.9 Å². The number of hydrogen-bond donors (Lipinski definition) is 3. The highest BCUT2D eigenvalue weighted by Gasteiger charge is 2.18. The summed E-state index contributed by atoms with van der Waals surface area (Å²) in [7, 11) is -4.03. The molecule has 0 fully saturated rings. The van der Waals surface area contributed by atoms with Gasteiger partial charge >= 0.3 is 0 Å². The van der Waals surface area contributed by atoms with Crippen LogP contribution in [0.15, 0.2) is 39.9 Å². The number of hydrogen-bond acceptors (Lipinski definition) is 5. The minimum atomic E-state index is -4.03. The second kappa shape index (κ2) is 7.84. The number of sulfonamides is 1. The fourth-order valence-electron chi connectivity index (χ4n) is 2.13. The second-order valence-corrected chi connectivity index (χ2v) is 7.62. The number of thiophene rings is 1. The van der Waals surface area contributed by atoms with E-state index >= 15 is 0 Å². The number of rotatable bonds is 7. The predicted octanol–water partition coefficient (Wildman–Crippen LogP) is 1.12. The normalized spacial score (nSPS) is 12.8. The maximum absolute atomic E-state index is 13.8. The molecule has 0 saturated heterocycles. The van der Waals surface area contributed by atoms with E-state index in [2.05, 4.69) is 5.32 Å². The van der Waals surface area contributed by atoms with E-state index in [4.69, 9.17) is 5.14 Å². The summed E-state index contributed by atoms with van der Waals surface area (Å²) in [6.07, 6.45) is 0.569. The van der Waals surface area contributed by atoms with Crippen LogP contribution in [-0.2, 0) is 16.4 Å². The van der Waals surface area contributed by atoms with Crippen molar-refractivity contribution in [3.05, 3.63) is 52.0 Å². The van der Waals surface area contributed by atoms with Crippen LogP contribution in [0.4, 0.5) is 4.39 Å². The monoisotopic (exact) mass is 372 g/mol. The van der Waals surface area contributed by atoms with Gasteiger partial charge in [0.1, 0.15) is 5.82 Å². The third kappa shape index (κ3) is 4.84. The lowest BCUT2D eigenvalue weighted by Crippen LogP contribution is -2.32. The zero-order valence-corrected chi connectivity index (χ0v) is 14.2. The molecular formula is C15H17FN2O4S2. The Kier molecular flexibility index (Phi) is 6.05. The Morgan fingerprint density at radius 1 is 1.38 bits per heavy atom. The van der Waals surface area contributed by atoms with Gasteiger partial charge in [0.15, 0.2) is 0 Å². The number of nitrogens with one attached hydrogen (secondary N) is 1. The van der Waals surface area contributed by atoms with Crippen molar-refractivity contribution in [2.24, 2.45) is 11.1 Å². The number of carbonyl (C=O) groups is 1. The highest BCUT2D eigenvalue weighted by Crippen LogP contribution is 2.15. The van der Waals surface area contributed by atoms with Crippen molar-refractivity contribution in [1.29, 1.82) is 0 Å². The molecule has 0 radical (unpaired) electrons. The van der Waals surface area contributed by atoms with Crippen molar-refractivity contribution in [1.82, 2.24) is 5.32 Å². The highest BCUT2D eigenvalue weighted by atomic mass is 32.2. The van der Waals surface area contributed by atoms with Crippen LogP contribution in [0.2, 0.25) is 0 Å². The lowest BCUT2D eigenvalue weighted by atomic mass is 10.0. The maximum Gasteiger partial charge on any atom is 0.254 e. The number of amides is 1. The standard InChI is InChI=1S/C15H17FN2O4S2/c16-14-2-1-12(24(17,21)22)6-13(14)15(20)18-7-11(8-19)5-10-3-4-23-9-10/h1-4,6,9,11,19H,5,7-8H2,(H,18,20)(H2,17,21,22)/t11-/m1/s1. The van der Waals surface area contributed by atoms with Gasteiger partial charge in [0, 0.05) is 19.1 Å². The van der Waals surface area contributed by atoms with Crippen molar-refractivity contribution in [3.63, 3.8) is 0 Å². The summed E-state index contributed by atoms with van der Waals surface area (Å²) in [6.45, 7) is -0.0138. The van der Waals surface area contributed by atoms with Crippen LogP contribution < -0.4 is 10.5 Å². The Balaban J connectivity index is 2.06. The fraction of sp³-hybridized carbons (Fsp3) is 0.267. The minimum absolute atomic E-state index is 0.129. The zero-order chi connectivity index (χ0) is 17.7. The van der Waals surface area contributed by atoms with E-state index in [9.17, 15) is 22.7 Å². The van der Waals surface area contributed by atoms with E-state index in [1.807, 2.05) is 16.8 Å². The van der Waals surface area contributed by atoms with E-state index in [1.54, 1.807) is 0 Å². The van der Waals surface area contributed by atoms with Crippen LogP contribution in [0.25, 0.3) is 0 Å². The molecule has 6 nitrogen and oxygen atoms in total. The molecule has 2 rings (SSSR count). The Hall–Kier alpha value is -1.81. The van der Waals surface area contributed by atoms with Gasteiger partial charge < -0.3 is 10.4 Å². The van der Waals surface area contributed by atoms with Crippen molar-refractivity contribution < 1.29 is 22.7 Å². The van der Waals surface area contributed by atoms with E-state index in [0.29, 0.717) is 6.42 Å². The maximum atomic E-state index is 13.8. The molecule has 0 saturated carbocycles. The summed E-state index contributed by atoms with van der Waals surface area (Å²) < 4.78 is 36.4. The average molecular weight is 372 g/mol. The van der Waals surface area contributed by atoms with Crippen LogP contribution >= 0.6 is 11.3 Å². The van der Waals surface area contributed by atoms with E-state index < -0.39 is 27.3 Å². The van der Waals surface area contributed by atoms with Gasteiger partial charge in [-0.1, -0.05) is 0 Å². The Morgan fingerprint density at radius 2 is 2.12 bits per heavy atom. The first-order valence-corrected chi connectivity index (χ1v) is 9.52. The summed E-state index contributed by atoms with van der Waals surface area (Å²) in [5, 5.41) is 20.7. The first kappa shape index (κ1) is 18.5. The van der Waals surface area contributed by atoms with Gasteiger partial charge in [-0.05, 0) is 47.0 Å². The third-order valence-corrected chi connectivity index (χ3v) is 5.07. The molecule has 1 aromatic heterocycles. The third-order valence-electron chi connectivity index (χ3n) is 3.42. The van der Waals surface area contributed by atoms with Gasteiger partial charge in [0.05, 0.1) is 10.5 Å². The average Bonchev–Trinajstić information content (AvgIpc) is 3.03. The number of benzene rings is 1. The summed E-state index contributed by atoms with van der Waals surface area (Å²) in [5.74, 6) is -1.84. The quantitative estimate of drug-likeness (QED) is 0.676. The molecule has 2 aromatic rings. The Morgan fingerprint density at radius 3 is 2.71 bits per heavy atom. The summed E-state index contributed by atoms with van der Waals surface area (Å²) in [6, 6.07) is 4.69. The van der Waals surface area contributed by atoms with Gasteiger partial charge in [0.2, 0.25) is 10.0 Å². The molecule has 0 spiro atoms. The smallest absolute Gasteiger partial charge is 0.254 e. The molecule has 1 amide bonds. The SMILES string of the molecule is NS(=O)(=O)c1ccc(F)c(C(=O)NC[C@H](CO)Cc2ccsc2)c1. The molecule has 24 heavy (non-hydrogen) atoms. The minimum Gasteiger partial charge on any atom is -0.396 e. The van der Waals surface area contributed by atoms with Gasteiger partial charge in [-0.15, -0.1) is 0 Å². The molecule has 9 heteroatoms. The van der Waals surface area contributed by atoms with Crippen LogP contribution in [0.5, 0.6) is 0 Å². The number of aliphatic hydroxyl groups excluding tert-OH is 1. The van der Waals surface area contributed by atoms with E-state index in [-0.39, 0.29) is 24.0 Å². The van der Waals surface area contributed by atoms with E-state index in [1.165, 1.54) is 11.3 Å². The van der Waals surface area contributed by atoms with Crippen LogP contribution in [0.3, 0.4) is 0 Å². The molecule has 1 aromatic carbocycles. The molecule has 0 bridgehead atoms. The number of carbonyl (C=O) groups excluding carboxylic acids is 1. The van der Waals surface area contributed by atoms with Gasteiger partial charge in [0.25, 0.3) is 5.91 Å². The van der Waals surface area contributed by atoms with Gasteiger partial charge in [-0.3, -0.25) is 4.79 Å². The Labute approximate surface area is 143 Å². The van der Waals surface area contributed by atoms with Crippen molar-refractivity contribution >= 4 is 27.3 Å². The summed E-state index contributed by atoms with van der Waals surface area (Å²) >= 11 is 1.53. The zero-order valence-electron chi connectivity index (χ0n) is 12.6. The van der Waals surface area contributed by atoms with Gasteiger partial charge in [-0.2, -0.15) is 11.3 Å². The first-order chi connectivity index (χ1) is 11.3. The number of primary sulfonamides is 1. The highest BCUT2D eigenvalue weighted by molar-refractivity contribution is 7.89. The molecule has 4 N–H and O–H groups in total. The molecule has 0 aliphatic heterocycles. The fourth-order valence-corrected chi connectivity index (χ4v) is 3.35. The Bertz CT molecular complexity index is 807. The molecular weight excluding hydrogens is 355 g/mol. The van der Waals surface area contributed by atoms with E-state index in [0.717, 1.165) is 23.8 Å². The summed E-state index contributed by atoms with van der Waals surface area (Å²) in [5.41, 5.74) is 0.629. The first-order valence-electron chi connectivity index (χ1n) is 7.03. The number of nitrogens with two attached hydrogens (primary N) is 1. The second-order valence-electron chi connectivity index (χ2n) is 5.28. The van der Waals surface area contributed by atoms with Crippen LogP contribution in [0.1, 0.15) is 15.9 Å².